The second-order valence-corrected chi connectivity index (χ2v) is 9.41. The first-order valence-electron chi connectivity index (χ1n) is 11.2. The first-order chi connectivity index (χ1) is 15.8. The highest BCUT2D eigenvalue weighted by atomic mass is 19.1. The number of ether oxygens (including phenoxy) is 2. The minimum Gasteiger partial charge on any atom is -0.395 e. The Bertz CT molecular complexity index is 976. The number of aliphatic hydroxyl groups excluding tert-OH is 1. The number of nitrogens with zero attached hydrogens (tertiary/aromatic N) is 4. The zero-order valence-electron chi connectivity index (χ0n) is 19.4. The molecule has 33 heavy (non-hydrogen) atoms. The maximum Gasteiger partial charge on any atom is 0.225 e. The van der Waals surface area contributed by atoms with Crippen LogP contribution in [0.4, 0.5) is 10.3 Å². The highest BCUT2D eigenvalue weighted by Gasteiger charge is 2.37. The lowest BCUT2D eigenvalue weighted by atomic mass is 9.93. The second kappa shape index (κ2) is 9.70. The Balaban J connectivity index is 1.29. The highest BCUT2D eigenvalue weighted by Crippen LogP contribution is 2.30. The van der Waals surface area contributed by atoms with Gasteiger partial charge in [0.1, 0.15) is 12.4 Å². The zero-order chi connectivity index (χ0) is 23.5. The van der Waals surface area contributed by atoms with E-state index in [2.05, 4.69) is 26.9 Å². The van der Waals surface area contributed by atoms with Crippen molar-refractivity contribution in [3.05, 3.63) is 42.0 Å². The molecule has 0 atom stereocenters. The summed E-state index contributed by atoms with van der Waals surface area (Å²) in [6.45, 7) is 8.57. The average molecular weight is 459 g/mol. The van der Waals surface area contributed by atoms with Crippen molar-refractivity contribution in [2.24, 2.45) is 10.6 Å². The van der Waals surface area contributed by atoms with Crippen LogP contribution >= 0.6 is 0 Å². The third-order valence-corrected chi connectivity index (χ3v) is 5.96. The lowest BCUT2D eigenvalue weighted by molar-refractivity contribution is -0.288. The van der Waals surface area contributed by atoms with Crippen LogP contribution in [-0.2, 0) is 20.9 Å². The van der Waals surface area contributed by atoms with Crippen molar-refractivity contribution in [3.8, 4) is 11.1 Å². The van der Waals surface area contributed by atoms with E-state index < -0.39 is 11.6 Å². The number of anilines is 1. The molecule has 178 valence electrons. The summed E-state index contributed by atoms with van der Waals surface area (Å²) in [4.78, 5) is 16.6. The molecule has 1 aromatic carbocycles. The molecule has 0 bridgehead atoms. The zero-order valence-corrected chi connectivity index (χ0v) is 19.4. The van der Waals surface area contributed by atoms with Gasteiger partial charge in [0.2, 0.25) is 5.95 Å². The summed E-state index contributed by atoms with van der Waals surface area (Å²) in [6, 6.07) is 4.92. The molecule has 2 saturated heterocycles. The molecule has 4 rings (SSSR count). The van der Waals surface area contributed by atoms with Gasteiger partial charge in [0, 0.05) is 55.0 Å². The van der Waals surface area contributed by atoms with Crippen molar-refractivity contribution in [2.75, 3.05) is 37.8 Å². The maximum absolute atomic E-state index is 14.5. The smallest absolute Gasteiger partial charge is 0.225 e. The van der Waals surface area contributed by atoms with E-state index in [0.29, 0.717) is 36.9 Å². The summed E-state index contributed by atoms with van der Waals surface area (Å²) in [7, 11) is 0. The standard InChI is InChI=1S/C24H31FN4O4/c1-23(2)31-14-24(3,15-32-23)16-33-28-19-7-9-29(10-8-19)22-26-11-18(12-27-22)20-6-4-5-17(13-30)21(20)25/h4-6,11-12,30H,7-10,13-16H2,1-3H3. The largest absolute Gasteiger partial charge is 0.395 e. The predicted octanol–water partition coefficient (Wildman–Crippen LogP) is 3.54. The number of oxime groups is 1. The van der Waals surface area contributed by atoms with Crippen LogP contribution in [0.15, 0.2) is 35.7 Å². The van der Waals surface area contributed by atoms with Gasteiger partial charge in [-0.05, 0) is 13.8 Å². The van der Waals surface area contributed by atoms with Gasteiger partial charge in [-0.15, -0.1) is 0 Å². The highest BCUT2D eigenvalue weighted by molar-refractivity contribution is 5.86. The van der Waals surface area contributed by atoms with E-state index in [1.54, 1.807) is 30.6 Å². The lowest BCUT2D eigenvalue weighted by Gasteiger charge is -2.40. The molecule has 0 radical (unpaired) electrons. The quantitative estimate of drug-likeness (QED) is 0.663. The summed E-state index contributed by atoms with van der Waals surface area (Å²) < 4.78 is 25.9. The van der Waals surface area contributed by atoms with E-state index in [1.165, 1.54) is 0 Å². The number of rotatable bonds is 6. The molecule has 2 aromatic rings. The predicted molar refractivity (Wildman–Crippen MR) is 122 cm³/mol. The number of benzene rings is 1. The normalized spacial score (nSPS) is 19.9. The van der Waals surface area contributed by atoms with Crippen molar-refractivity contribution in [3.63, 3.8) is 0 Å². The molecule has 9 heteroatoms. The number of aromatic nitrogens is 2. The van der Waals surface area contributed by atoms with Gasteiger partial charge in [0.25, 0.3) is 0 Å². The second-order valence-electron chi connectivity index (χ2n) is 9.41. The van der Waals surface area contributed by atoms with Crippen molar-refractivity contribution >= 4 is 11.7 Å². The van der Waals surface area contributed by atoms with Crippen molar-refractivity contribution in [1.29, 1.82) is 0 Å². The number of aliphatic hydroxyl groups is 1. The Morgan fingerprint density at radius 2 is 1.79 bits per heavy atom. The van der Waals surface area contributed by atoms with Crippen LogP contribution in [0.1, 0.15) is 39.2 Å². The van der Waals surface area contributed by atoms with Crippen molar-refractivity contribution < 1.29 is 23.8 Å². The molecular weight excluding hydrogens is 427 g/mol. The van der Waals surface area contributed by atoms with E-state index in [9.17, 15) is 9.50 Å². The molecular formula is C24H31FN4O4. The van der Waals surface area contributed by atoms with Crippen molar-refractivity contribution in [2.45, 2.75) is 46.0 Å². The van der Waals surface area contributed by atoms with Crippen LogP contribution in [0.3, 0.4) is 0 Å². The number of hydrogen-bond donors (Lipinski definition) is 1. The maximum atomic E-state index is 14.5. The molecule has 2 fully saturated rings. The fraction of sp³-hybridized carbons (Fsp3) is 0.542. The Kier molecular flexibility index (Phi) is 6.92. The van der Waals surface area contributed by atoms with Gasteiger partial charge in [0.05, 0.1) is 30.9 Å². The SMILES string of the molecule is CC1(CON=C2CCN(c3ncc(-c4cccc(CO)c4F)cn3)CC2)COC(C)(C)OC1. The first kappa shape index (κ1) is 23.5. The molecule has 1 N–H and O–H groups in total. The minimum absolute atomic E-state index is 0.216. The van der Waals surface area contributed by atoms with Gasteiger partial charge in [-0.1, -0.05) is 30.3 Å². The summed E-state index contributed by atoms with van der Waals surface area (Å²) in [5.41, 5.74) is 2.00. The van der Waals surface area contributed by atoms with Gasteiger partial charge < -0.3 is 24.3 Å². The first-order valence-corrected chi connectivity index (χ1v) is 11.2. The molecule has 0 spiro atoms. The Morgan fingerprint density at radius 3 is 2.42 bits per heavy atom. The van der Waals surface area contributed by atoms with Crippen LogP contribution < -0.4 is 4.90 Å². The minimum atomic E-state index is -0.546. The van der Waals surface area contributed by atoms with E-state index in [4.69, 9.17) is 14.3 Å². The summed E-state index contributed by atoms with van der Waals surface area (Å²) in [5, 5.41) is 13.6. The van der Waals surface area contributed by atoms with E-state index >= 15 is 0 Å². The van der Waals surface area contributed by atoms with Crippen LogP contribution in [0.5, 0.6) is 0 Å². The number of hydrogen-bond acceptors (Lipinski definition) is 8. The van der Waals surface area contributed by atoms with Gasteiger partial charge in [-0.2, -0.15) is 0 Å². The van der Waals surface area contributed by atoms with Crippen LogP contribution in [-0.4, -0.2) is 59.5 Å². The lowest BCUT2D eigenvalue weighted by Crippen LogP contribution is -2.47. The molecule has 1 aromatic heterocycles. The van der Waals surface area contributed by atoms with Crippen LogP contribution in [0.2, 0.25) is 0 Å². The summed E-state index contributed by atoms with van der Waals surface area (Å²) in [5.74, 6) is -0.390. The van der Waals surface area contributed by atoms with Gasteiger partial charge in [0.15, 0.2) is 5.79 Å². The third kappa shape index (κ3) is 5.66. The van der Waals surface area contributed by atoms with Crippen LogP contribution in [0, 0.1) is 11.2 Å². The molecule has 0 aliphatic carbocycles. The van der Waals surface area contributed by atoms with E-state index in [-0.39, 0.29) is 17.6 Å². The Morgan fingerprint density at radius 1 is 1.12 bits per heavy atom. The summed E-state index contributed by atoms with van der Waals surface area (Å²) >= 11 is 0. The topological polar surface area (TPSA) is 89.3 Å². The monoisotopic (exact) mass is 458 g/mol. The van der Waals surface area contributed by atoms with E-state index in [0.717, 1.165) is 31.6 Å². The average Bonchev–Trinajstić information content (AvgIpc) is 2.82. The third-order valence-electron chi connectivity index (χ3n) is 5.96. The molecule has 3 heterocycles. The molecule has 8 nitrogen and oxygen atoms in total. The van der Waals surface area contributed by atoms with Crippen LogP contribution in [0.25, 0.3) is 11.1 Å². The Hall–Kier alpha value is -2.62. The molecule has 0 amide bonds. The fourth-order valence-corrected chi connectivity index (χ4v) is 3.75. The molecule has 2 aliphatic heterocycles. The number of halogens is 1. The van der Waals surface area contributed by atoms with Gasteiger partial charge in [-0.3, -0.25) is 0 Å². The fourth-order valence-electron chi connectivity index (χ4n) is 3.75. The Labute approximate surface area is 193 Å². The van der Waals surface area contributed by atoms with Gasteiger partial charge >= 0.3 is 0 Å². The molecule has 0 unspecified atom stereocenters. The molecule has 0 saturated carbocycles. The van der Waals surface area contributed by atoms with Crippen molar-refractivity contribution in [1.82, 2.24) is 9.97 Å². The molecule has 2 aliphatic rings. The number of piperidine rings is 1. The van der Waals surface area contributed by atoms with Gasteiger partial charge in [-0.25, -0.2) is 14.4 Å². The summed E-state index contributed by atoms with van der Waals surface area (Å²) in [6.07, 6.45) is 4.75. The van der Waals surface area contributed by atoms with E-state index in [1.807, 2.05) is 13.8 Å².